The van der Waals surface area contributed by atoms with Crippen LogP contribution in [-0.4, -0.2) is 22.2 Å². The third kappa shape index (κ3) is 3.61. The normalized spacial score (nSPS) is 19.8. The molecule has 0 radical (unpaired) electrons. The molecule has 0 aliphatic heterocycles. The number of benzene rings is 2. The zero-order valence-electron chi connectivity index (χ0n) is 13.7. The van der Waals surface area contributed by atoms with Gasteiger partial charge in [0.05, 0.1) is 23.1 Å². The molecule has 0 bridgehead atoms. The highest BCUT2D eigenvalue weighted by atomic mass is 16.6. The SMILES string of the molecule is CC(NC(=O)N[C@H]1c2ccccc2C[C@H]1O)c1cccc([N+](=O)[O-])c1. The molecule has 1 aliphatic carbocycles. The van der Waals surface area contributed by atoms with Crippen LogP contribution in [0.4, 0.5) is 10.5 Å². The molecule has 7 nitrogen and oxygen atoms in total. The molecule has 3 rings (SSSR count). The monoisotopic (exact) mass is 341 g/mol. The first-order valence-corrected chi connectivity index (χ1v) is 8.03. The fraction of sp³-hybridized carbons (Fsp3) is 0.278. The summed E-state index contributed by atoms with van der Waals surface area (Å²) < 4.78 is 0. The number of hydrogen-bond donors (Lipinski definition) is 3. The molecule has 2 amide bonds. The summed E-state index contributed by atoms with van der Waals surface area (Å²) in [6, 6.07) is 12.4. The van der Waals surface area contributed by atoms with Crippen molar-refractivity contribution in [3.05, 3.63) is 75.3 Å². The molecule has 0 heterocycles. The smallest absolute Gasteiger partial charge is 0.315 e. The minimum absolute atomic E-state index is 0.0216. The average molecular weight is 341 g/mol. The van der Waals surface area contributed by atoms with Gasteiger partial charge in [0.1, 0.15) is 0 Å². The summed E-state index contributed by atoms with van der Waals surface area (Å²) in [4.78, 5) is 22.7. The Bertz CT molecular complexity index is 808. The first-order valence-electron chi connectivity index (χ1n) is 8.03. The maximum absolute atomic E-state index is 12.3. The van der Waals surface area contributed by atoms with E-state index in [-0.39, 0.29) is 5.69 Å². The van der Waals surface area contributed by atoms with Crippen LogP contribution in [0, 0.1) is 10.1 Å². The van der Waals surface area contributed by atoms with E-state index in [1.165, 1.54) is 12.1 Å². The number of amides is 2. The number of nitrogens with zero attached hydrogens (tertiary/aromatic N) is 1. The summed E-state index contributed by atoms with van der Waals surface area (Å²) >= 11 is 0. The van der Waals surface area contributed by atoms with Crippen LogP contribution in [0.15, 0.2) is 48.5 Å². The summed E-state index contributed by atoms with van der Waals surface area (Å²) in [5.41, 5.74) is 2.55. The number of carbonyl (C=O) groups excluding carboxylic acids is 1. The highest BCUT2D eigenvalue weighted by molar-refractivity contribution is 5.75. The topological polar surface area (TPSA) is 104 Å². The van der Waals surface area contributed by atoms with E-state index in [1.807, 2.05) is 24.3 Å². The van der Waals surface area contributed by atoms with E-state index < -0.39 is 29.1 Å². The van der Waals surface area contributed by atoms with E-state index in [9.17, 15) is 20.0 Å². The van der Waals surface area contributed by atoms with E-state index in [1.54, 1.807) is 19.1 Å². The fourth-order valence-electron chi connectivity index (χ4n) is 3.12. The first-order chi connectivity index (χ1) is 12.0. The van der Waals surface area contributed by atoms with Crippen molar-refractivity contribution >= 4 is 11.7 Å². The quantitative estimate of drug-likeness (QED) is 0.587. The number of urea groups is 1. The van der Waals surface area contributed by atoms with Gasteiger partial charge in [0, 0.05) is 18.6 Å². The van der Waals surface area contributed by atoms with Gasteiger partial charge in [-0.05, 0) is 23.6 Å². The van der Waals surface area contributed by atoms with Crippen LogP contribution in [0.25, 0.3) is 0 Å². The van der Waals surface area contributed by atoms with Gasteiger partial charge in [0.2, 0.25) is 0 Å². The second kappa shape index (κ2) is 6.90. The van der Waals surface area contributed by atoms with Crippen LogP contribution in [0.5, 0.6) is 0 Å². The first kappa shape index (κ1) is 16.9. The molecule has 3 atom stereocenters. The largest absolute Gasteiger partial charge is 0.390 e. The molecule has 0 saturated carbocycles. The molecule has 2 aromatic rings. The van der Waals surface area contributed by atoms with Crippen molar-refractivity contribution in [2.24, 2.45) is 0 Å². The van der Waals surface area contributed by atoms with Crippen molar-refractivity contribution in [1.29, 1.82) is 0 Å². The lowest BCUT2D eigenvalue weighted by Gasteiger charge is -2.21. The summed E-state index contributed by atoms with van der Waals surface area (Å²) in [6.45, 7) is 1.75. The molecular formula is C18H19N3O4. The van der Waals surface area contributed by atoms with Crippen molar-refractivity contribution in [2.45, 2.75) is 31.5 Å². The predicted octanol–water partition coefficient (Wildman–Crippen LogP) is 2.61. The number of rotatable bonds is 4. The van der Waals surface area contributed by atoms with Gasteiger partial charge in [-0.3, -0.25) is 10.1 Å². The van der Waals surface area contributed by atoms with Crippen LogP contribution in [0.3, 0.4) is 0 Å². The lowest BCUT2D eigenvalue weighted by molar-refractivity contribution is -0.384. The number of nitro groups is 1. The molecule has 0 saturated heterocycles. The molecule has 0 spiro atoms. The summed E-state index contributed by atoms with van der Waals surface area (Å²) in [7, 11) is 0. The van der Waals surface area contributed by atoms with Gasteiger partial charge in [-0.2, -0.15) is 0 Å². The standard InChI is InChI=1S/C18H19N3O4/c1-11(12-6-4-7-14(9-12)21(24)25)19-18(23)20-17-15-8-3-2-5-13(15)10-16(17)22/h2-9,11,16-17,22H,10H2,1H3,(H2,19,20,23)/t11?,16-,17+/m1/s1. The van der Waals surface area contributed by atoms with Crippen LogP contribution < -0.4 is 10.6 Å². The minimum Gasteiger partial charge on any atom is -0.390 e. The molecule has 0 fully saturated rings. The molecule has 1 unspecified atom stereocenters. The van der Waals surface area contributed by atoms with Gasteiger partial charge in [0.25, 0.3) is 5.69 Å². The second-order valence-electron chi connectivity index (χ2n) is 6.14. The molecule has 1 aliphatic rings. The zero-order chi connectivity index (χ0) is 18.0. The Morgan fingerprint density at radius 2 is 2.04 bits per heavy atom. The molecule has 25 heavy (non-hydrogen) atoms. The van der Waals surface area contributed by atoms with E-state index in [2.05, 4.69) is 10.6 Å². The second-order valence-corrected chi connectivity index (χ2v) is 6.14. The highest BCUT2D eigenvalue weighted by Gasteiger charge is 2.32. The van der Waals surface area contributed by atoms with Crippen molar-refractivity contribution in [3.8, 4) is 0 Å². The molecule has 3 N–H and O–H groups in total. The number of aliphatic hydroxyl groups excluding tert-OH is 1. The van der Waals surface area contributed by atoms with Crippen LogP contribution in [0.2, 0.25) is 0 Å². The number of non-ortho nitro benzene ring substituents is 1. The predicted molar refractivity (Wildman–Crippen MR) is 92.1 cm³/mol. The van der Waals surface area contributed by atoms with E-state index in [0.29, 0.717) is 12.0 Å². The summed E-state index contributed by atoms with van der Waals surface area (Å²) in [5.74, 6) is 0. The van der Waals surface area contributed by atoms with Gasteiger partial charge >= 0.3 is 6.03 Å². The number of nitro benzene ring substituents is 1. The maximum Gasteiger partial charge on any atom is 0.315 e. The van der Waals surface area contributed by atoms with Crippen LogP contribution >= 0.6 is 0 Å². The maximum atomic E-state index is 12.3. The number of nitrogens with one attached hydrogen (secondary N) is 2. The van der Waals surface area contributed by atoms with E-state index >= 15 is 0 Å². The van der Waals surface area contributed by atoms with Crippen LogP contribution in [0.1, 0.15) is 35.7 Å². The van der Waals surface area contributed by atoms with Crippen molar-refractivity contribution in [2.75, 3.05) is 0 Å². The third-order valence-corrected chi connectivity index (χ3v) is 4.42. The highest BCUT2D eigenvalue weighted by Crippen LogP contribution is 2.31. The minimum atomic E-state index is -0.670. The van der Waals surface area contributed by atoms with Gasteiger partial charge in [-0.1, -0.05) is 36.4 Å². The number of carbonyl (C=O) groups is 1. The summed E-state index contributed by atoms with van der Waals surface area (Å²) in [6.07, 6.45) is -0.169. The fourth-order valence-corrected chi connectivity index (χ4v) is 3.12. The lowest BCUT2D eigenvalue weighted by atomic mass is 10.1. The van der Waals surface area contributed by atoms with E-state index in [0.717, 1.165) is 11.1 Å². The van der Waals surface area contributed by atoms with E-state index in [4.69, 9.17) is 0 Å². The number of hydrogen-bond acceptors (Lipinski definition) is 4. The lowest BCUT2D eigenvalue weighted by Crippen LogP contribution is -2.41. The molecule has 7 heteroatoms. The van der Waals surface area contributed by atoms with Crippen LogP contribution in [-0.2, 0) is 6.42 Å². The Labute approximate surface area is 144 Å². The molecule has 0 aromatic heterocycles. The van der Waals surface area contributed by atoms with Crippen molar-refractivity contribution in [3.63, 3.8) is 0 Å². The Hall–Kier alpha value is -2.93. The zero-order valence-corrected chi connectivity index (χ0v) is 13.7. The Morgan fingerprint density at radius 1 is 1.28 bits per heavy atom. The summed E-state index contributed by atoms with van der Waals surface area (Å²) in [5, 5.41) is 26.6. The van der Waals surface area contributed by atoms with Gasteiger partial charge in [0.15, 0.2) is 0 Å². The number of fused-ring (bicyclic) bond motifs is 1. The van der Waals surface area contributed by atoms with Crippen molar-refractivity contribution < 1.29 is 14.8 Å². The van der Waals surface area contributed by atoms with Gasteiger partial charge in [-0.25, -0.2) is 4.79 Å². The number of aliphatic hydroxyl groups is 1. The molecular weight excluding hydrogens is 322 g/mol. The Kier molecular flexibility index (Phi) is 4.67. The Morgan fingerprint density at radius 3 is 2.80 bits per heavy atom. The van der Waals surface area contributed by atoms with Gasteiger partial charge < -0.3 is 15.7 Å². The Balaban J connectivity index is 1.67. The van der Waals surface area contributed by atoms with Crippen molar-refractivity contribution in [1.82, 2.24) is 10.6 Å². The molecule has 2 aromatic carbocycles. The third-order valence-electron chi connectivity index (χ3n) is 4.42. The molecule has 130 valence electrons. The average Bonchev–Trinajstić information content (AvgIpc) is 2.90. The van der Waals surface area contributed by atoms with Gasteiger partial charge in [-0.15, -0.1) is 0 Å².